The first-order valence-corrected chi connectivity index (χ1v) is 1.63. The van der Waals surface area contributed by atoms with Gasteiger partial charge in [-0.15, -0.1) is 24.8 Å². The molecule has 0 aromatic carbocycles. The molecule has 0 amide bonds. The summed E-state index contributed by atoms with van der Waals surface area (Å²) in [7, 11) is 0. The van der Waals surface area contributed by atoms with Gasteiger partial charge in [-0.25, -0.2) is 0 Å². The number of allylic oxidation sites excluding steroid dienone is 1. The molecule has 0 nitrogen and oxygen atoms in total. The lowest BCUT2D eigenvalue weighted by molar-refractivity contribution is -0.113. The first kappa shape index (κ1) is 17.1. The van der Waals surface area contributed by atoms with Crippen molar-refractivity contribution in [1.29, 1.82) is 0 Å². The lowest BCUT2D eigenvalue weighted by Gasteiger charge is -1.98. The highest BCUT2D eigenvalue weighted by molar-refractivity contribution is 5.85. The van der Waals surface area contributed by atoms with E-state index in [-0.39, 0.29) is 24.8 Å². The minimum absolute atomic E-state index is 0. The average Bonchev–Trinajstić information content (AvgIpc) is 1.62. The summed E-state index contributed by atoms with van der Waals surface area (Å²) in [6, 6.07) is 0. The molecule has 0 unspecified atom stereocenters. The van der Waals surface area contributed by atoms with Crippen molar-refractivity contribution >= 4 is 24.8 Å². The minimum atomic E-state index is -5.56. The molecule has 0 saturated heterocycles. The summed E-state index contributed by atoms with van der Waals surface area (Å²) in [5.74, 6) is -3.33. The quantitative estimate of drug-likeness (QED) is 0.551. The highest BCUT2D eigenvalue weighted by Crippen LogP contribution is 2.29. The second kappa shape index (κ2) is 5.54. The van der Waals surface area contributed by atoms with Gasteiger partial charge in [0.1, 0.15) is 0 Å². The number of halogens is 8. The summed E-state index contributed by atoms with van der Waals surface area (Å²) in [4.78, 5) is 0. The molecule has 0 heterocycles. The van der Waals surface area contributed by atoms with Gasteiger partial charge < -0.3 is 0 Å². The van der Waals surface area contributed by atoms with Gasteiger partial charge in [0, 0.05) is 0 Å². The third-order valence-corrected chi connectivity index (χ3v) is 0.415. The van der Waals surface area contributed by atoms with Crippen molar-refractivity contribution in [3.63, 3.8) is 0 Å². The minimum Gasteiger partial charge on any atom is -0.196 e. The summed E-state index contributed by atoms with van der Waals surface area (Å²) in [5.41, 5.74) is 0. The summed E-state index contributed by atoms with van der Waals surface area (Å²) < 4.78 is 64.8. The highest BCUT2D eigenvalue weighted by Gasteiger charge is 2.38. The molecule has 0 aliphatic carbocycles. The number of hydrogen-bond acceptors (Lipinski definition) is 0. The van der Waals surface area contributed by atoms with E-state index in [0.29, 0.717) is 0 Å². The van der Waals surface area contributed by atoms with Crippen molar-refractivity contribution in [2.45, 2.75) is 6.18 Å². The Balaban J connectivity index is -0.000000320. The maximum absolute atomic E-state index is 11.0. The fourth-order valence-corrected chi connectivity index (χ4v) is 0.107. The Hall–Kier alpha value is -0.100. The van der Waals surface area contributed by atoms with Crippen LogP contribution in [0.4, 0.5) is 26.3 Å². The molecule has 11 heavy (non-hydrogen) atoms. The lowest BCUT2D eigenvalue weighted by Crippen LogP contribution is -2.08. The summed E-state index contributed by atoms with van der Waals surface area (Å²) in [6.45, 7) is 0. The van der Waals surface area contributed by atoms with Crippen LogP contribution in [-0.2, 0) is 0 Å². The van der Waals surface area contributed by atoms with E-state index >= 15 is 0 Å². The molecular weight excluding hydrogens is 221 g/mol. The van der Waals surface area contributed by atoms with E-state index in [0.717, 1.165) is 0 Å². The van der Waals surface area contributed by atoms with Crippen molar-refractivity contribution < 1.29 is 26.3 Å². The second-order valence-electron chi connectivity index (χ2n) is 1.07. The van der Waals surface area contributed by atoms with Crippen LogP contribution < -0.4 is 0 Å². The fraction of sp³-hybridized carbons (Fsp3) is 0.333. The molecular formula is C3H2Cl2F6. The van der Waals surface area contributed by atoms with Crippen LogP contribution in [0, 0.1) is 0 Å². The van der Waals surface area contributed by atoms with Crippen LogP contribution in [0.25, 0.3) is 0 Å². The van der Waals surface area contributed by atoms with Gasteiger partial charge in [-0.3, -0.25) is 0 Å². The summed E-state index contributed by atoms with van der Waals surface area (Å²) in [5, 5.41) is 0. The normalized spacial score (nSPS) is 9.27. The van der Waals surface area contributed by atoms with E-state index in [1.54, 1.807) is 0 Å². The maximum atomic E-state index is 11.0. The number of alkyl halides is 3. The van der Waals surface area contributed by atoms with Crippen LogP contribution in [0.15, 0.2) is 11.9 Å². The molecule has 0 saturated carbocycles. The topological polar surface area (TPSA) is 0 Å². The van der Waals surface area contributed by atoms with Crippen molar-refractivity contribution in [2.24, 2.45) is 0 Å². The largest absolute Gasteiger partial charge is 0.448 e. The Bertz CT molecular complexity index is 133. The lowest BCUT2D eigenvalue weighted by atomic mass is 10.6. The van der Waals surface area contributed by atoms with Gasteiger partial charge in [0.05, 0.1) is 0 Å². The molecule has 8 heteroatoms. The SMILES string of the molecule is Cl.Cl.FC(F)=C(F)C(F)(F)F. The Morgan fingerprint density at radius 3 is 1.09 bits per heavy atom. The molecule has 0 radical (unpaired) electrons. The van der Waals surface area contributed by atoms with Gasteiger partial charge in [0.15, 0.2) is 0 Å². The molecule has 0 N–H and O–H groups in total. The van der Waals surface area contributed by atoms with Crippen molar-refractivity contribution in [3.8, 4) is 0 Å². The number of rotatable bonds is 0. The van der Waals surface area contributed by atoms with Gasteiger partial charge in [-0.2, -0.15) is 26.3 Å². The number of hydrogen-bond donors (Lipinski definition) is 0. The van der Waals surface area contributed by atoms with Crippen LogP contribution in [0.5, 0.6) is 0 Å². The van der Waals surface area contributed by atoms with E-state index in [1.807, 2.05) is 0 Å². The Kier molecular flexibility index (Phi) is 8.62. The third-order valence-electron chi connectivity index (χ3n) is 0.415. The van der Waals surface area contributed by atoms with Crippen LogP contribution in [0.2, 0.25) is 0 Å². The van der Waals surface area contributed by atoms with Gasteiger partial charge in [-0.05, 0) is 0 Å². The van der Waals surface area contributed by atoms with E-state index in [4.69, 9.17) is 0 Å². The molecule has 0 aliphatic rings. The second-order valence-corrected chi connectivity index (χ2v) is 1.07. The Morgan fingerprint density at radius 1 is 0.818 bits per heavy atom. The van der Waals surface area contributed by atoms with Crippen LogP contribution >= 0.6 is 24.8 Å². The van der Waals surface area contributed by atoms with Crippen LogP contribution in [0.1, 0.15) is 0 Å². The molecule has 0 fully saturated rings. The van der Waals surface area contributed by atoms with E-state index < -0.39 is 18.1 Å². The highest BCUT2D eigenvalue weighted by atomic mass is 35.5. The molecule has 0 rings (SSSR count). The molecule has 0 aromatic heterocycles. The smallest absolute Gasteiger partial charge is 0.196 e. The van der Waals surface area contributed by atoms with Crippen molar-refractivity contribution in [2.75, 3.05) is 0 Å². The predicted molar refractivity (Wildman–Crippen MR) is 30.9 cm³/mol. The first-order valence-electron chi connectivity index (χ1n) is 1.63. The van der Waals surface area contributed by atoms with E-state index in [1.165, 1.54) is 0 Å². The Labute approximate surface area is 70.1 Å². The predicted octanol–water partition coefficient (Wildman–Crippen LogP) is 3.47. The van der Waals surface area contributed by atoms with E-state index in [2.05, 4.69) is 0 Å². The van der Waals surface area contributed by atoms with Gasteiger partial charge in [-0.1, -0.05) is 0 Å². The van der Waals surface area contributed by atoms with Crippen LogP contribution in [-0.4, -0.2) is 6.18 Å². The zero-order chi connectivity index (χ0) is 7.65. The first-order chi connectivity index (χ1) is 3.85. The zero-order valence-electron chi connectivity index (χ0n) is 4.58. The molecule has 70 valence electrons. The monoisotopic (exact) mass is 222 g/mol. The molecule has 0 aromatic rings. The van der Waals surface area contributed by atoms with Gasteiger partial charge >= 0.3 is 12.3 Å². The zero-order valence-corrected chi connectivity index (χ0v) is 6.22. The molecule has 0 spiro atoms. The summed E-state index contributed by atoms with van der Waals surface area (Å²) in [6.07, 6.45) is -8.90. The molecule has 0 aliphatic heterocycles. The van der Waals surface area contributed by atoms with Crippen molar-refractivity contribution in [3.05, 3.63) is 11.9 Å². The standard InChI is InChI=1S/C3F6.2ClH/c4-1(2(5)6)3(7,8)9;;/h;2*1H. The molecule has 0 atom stereocenters. The van der Waals surface area contributed by atoms with E-state index in [9.17, 15) is 26.3 Å². The summed E-state index contributed by atoms with van der Waals surface area (Å²) >= 11 is 0. The molecule has 0 bridgehead atoms. The van der Waals surface area contributed by atoms with Gasteiger partial charge in [0.25, 0.3) is 5.83 Å². The van der Waals surface area contributed by atoms with Crippen LogP contribution in [0.3, 0.4) is 0 Å². The Morgan fingerprint density at radius 2 is 1.09 bits per heavy atom. The van der Waals surface area contributed by atoms with Crippen molar-refractivity contribution in [1.82, 2.24) is 0 Å². The average molecular weight is 223 g/mol. The third kappa shape index (κ3) is 6.30. The van der Waals surface area contributed by atoms with Gasteiger partial charge in [0.2, 0.25) is 0 Å². The maximum Gasteiger partial charge on any atom is 0.448 e. The fourth-order valence-electron chi connectivity index (χ4n) is 0.107.